The van der Waals surface area contributed by atoms with Gasteiger partial charge in [0.15, 0.2) is 5.82 Å². The quantitative estimate of drug-likeness (QED) is 0.147. The number of fused-ring (bicyclic) bond motifs is 1. The van der Waals surface area contributed by atoms with E-state index < -0.39 is 23.4 Å². The van der Waals surface area contributed by atoms with Crippen LogP contribution >= 0.6 is 0 Å². The van der Waals surface area contributed by atoms with E-state index in [2.05, 4.69) is 45.9 Å². The summed E-state index contributed by atoms with van der Waals surface area (Å²) < 4.78 is 5.76. The van der Waals surface area contributed by atoms with Crippen LogP contribution in [0.4, 0.5) is 28.8 Å². The van der Waals surface area contributed by atoms with E-state index in [1.165, 1.54) is 0 Å². The van der Waals surface area contributed by atoms with Gasteiger partial charge in [-0.15, -0.1) is 0 Å². The van der Waals surface area contributed by atoms with Crippen molar-refractivity contribution < 1.29 is 33.8 Å². The maximum atomic E-state index is 13.9. The van der Waals surface area contributed by atoms with Crippen LogP contribution in [0.2, 0.25) is 0 Å². The highest BCUT2D eigenvalue weighted by Crippen LogP contribution is 2.41. The Bertz CT molecular complexity index is 2200. The highest BCUT2D eigenvalue weighted by molar-refractivity contribution is 6.05. The first-order chi connectivity index (χ1) is 31.0. The number of likely N-dealkylation sites (N-methyl/N-ethyl adjacent to an activating group) is 1. The summed E-state index contributed by atoms with van der Waals surface area (Å²) in [4.78, 5) is 85.9. The smallest absolute Gasteiger partial charge is 0.270 e. The van der Waals surface area contributed by atoms with Gasteiger partial charge in [-0.05, 0) is 94.0 Å². The number of nitrogens with one attached hydrogen (secondary N) is 4. The second kappa shape index (κ2) is 19.5. The van der Waals surface area contributed by atoms with Gasteiger partial charge < -0.3 is 45.4 Å². The van der Waals surface area contributed by atoms with Crippen molar-refractivity contribution in [3.63, 3.8) is 0 Å². The largest absolute Gasteiger partial charge is 0.495 e. The molecule has 18 heteroatoms. The van der Waals surface area contributed by atoms with E-state index in [0.29, 0.717) is 47.4 Å². The SMILES string of the molecule is CC[C@@H]1C(=O)N(C)c2cnc(Nc3ccc(C(=O)NC4(CCO)CCN(CC5CCN(c6ccc(C(=O)NC7CCC(=O)NC7=O)nc6)CC5)CC4)cc3OC)nc2N1C1CCCC1. The first-order valence-corrected chi connectivity index (χ1v) is 22.9. The van der Waals surface area contributed by atoms with Gasteiger partial charge in [0, 0.05) is 69.9 Å². The number of carbonyl (C=O) groups is 5. The fourth-order valence-electron chi connectivity index (χ4n) is 10.1. The van der Waals surface area contributed by atoms with Crippen LogP contribution in [-0.4, -0.2) is 132 Å². The van der Waals surface area contributed by atoms with Gasteiger partial charge in [-0.1, -0.05) is 19.8 Å². The molecule has 18 nitrogen and oxygen atoms in total. The van der Waals surface area contributed by atoms with E-state index in [1.54, 1.807) is 55.7 Å². The number of pyridine rings is 1. The molecule has 2 atom stereocenters. The highest BCUT2D eigenvalue weighted by Gasteiger charge is 2.42. The van der Waals surface area contributed by atoms with E-state index >= 15 is 0 Å². The summed E-state index contributed by atoms with van der Waals surface area (Å²) in [5.41, 5.74) is 2.35. The summed E-state index contributed by atoms with van der Waals surface area (Å²) in [6.45, 7) is 6.31. The van der Waals surface area contributed by atoms with Gasteiger partial charge in [0.25, 0.3) is 11.8 Å². The first-order valence-electron chi connectivity index (χ1n) is 22.9. The summed E-state index contributed by atoms with van der Waals surface area (Å²) in [7, 11) is 3.34. The zero-order valence-corrected chi connectivity index (χ0v) is 37.1. The first kappa shape index (κ1) is 44.7. The number of imide groups is 1. The number of rotatable bonds is 14. The van der Waals surface area contributed by atoms with Crippen molar-refractivity contribution in [2.75, 3.05) is 73.5 Å². The second-order valence-electron chi connectivity index (χ2n) is 17.9. The molecule has 0 bridgehead atoms. The number of aromatic nitrogens is 3. The topological polar surface area (TPSA) is 215 Å². The van der Waals surface area contributed by atoms with Crippen molar-refractivity contribution >= 4 is 58.4 Å². The molecule has 0 radical (unpaired) electrons. The number of methoxy groups -OCH3 is 1. The minimum absolute atomic E-state index is 0.0346. The van der Waals surface area contributed by atoms with E-state index in [-0.39, 0.29) is 54.9 Å². The summed E-state index contributed by atoms with van der Waals surface area (Å²) >= 11 is 0. The van der Waals surface area contributed by atoms with Gasteiger partial charge >= 0.3 is 0 Å². The van der Waals surface area contributed by atoms with Crippen molar-refractivity contribution in [1.29, 1.82) is 0 Å². The number of aliphatic hydroxyl groups is 1. The third kappa shape index (κ3) is 9.62. The molecular weight excluding hydrogens is 819 g/mol. The van der Waals surface area contributed by atoms with Crippen molar-refractivity contribution in [2.24, 2.45) is 5.92 Å². The number of piperidine rings is 3. The molecule has 4 fully saturated rings. The standard InChI is InChI=1S/C46H61N11O7/c1-4-36-44(63)54(2)37-27-48-45(52-40(37)57(36)31-7-5-6-8-31)50-33-11-9-30(25-38(33)64-3)41(60)53-46(19-24-58)17-22-55(23-18-46)28-29-15-20-56(21-16-29)32-10-12-34(47-26-32)42(61)49-35-13-14-39(59)51-43(35)62/h9-12,25-27,29,31,35-36,58H,4-8,13-24,28H2,1-3H3,(H,49,61)(H,53,60)(H,48,50,52)(H,51,59,62)/t35?,36-/m1/s1. The monoisotopic (exact) mass is 879 g/mol. The van der Waals surface area contributed by atoms with Crippen LogP contribution in [0.1, 0.15) is 105 Å². The Hall–Kier alpha value is -5.88. The third-order valence-corrected chi connectivity index (χ3v) is 13.9. The molecule has 6 heterocycles. The Kier molecular flexibility index (Phi) is 13.6. The number of anilines is 5. The Morgan fingerprint density at radius 1 is 0.953 bits per heavy atom. The highest BCUT2D eigenvalue weighted by atomic mass is 16.5. The number of likely N-dealkylation sites (tertiary alicyclic amines) is 1. The Morgan fingerprint density at radius 2 is 1.72 bits per heavy atom. The molecule has 3 saturated heterocycles. The molecule has 4 aliphatic heterocycles. The Balaban J connectivity index is 0.834. The zero-order chi connectivity index (χ0) is 45.0. The van der Waals surface area contributed by atoms with Crippen molar-refractivity contribution in [3.05, 3.63) is 54.0 Å². The lowest BCUT2D eigenvalue weighted by Gasteiger charge is -2.44. The van der Waals surface area contributed by atoms with Crippen LogP contribution in [-0.2, 0) is 14.4 Å². The number of ether oxygens (including phenoxy) is 1. The van der Waals surface area contributed by atoms with Crippen LogP contribution in [0.3, 0.4) is 0 Å². The van der Waals surface area contributed by atoms with E-state index in [1.807, 2.05) is 13.0 Å². The Labute approximate surface area is 373 Å². The normalized spacial score (nSPS) is 21.9. The molecule has 1 unspecified atom stereocenters. The average molecular weight is 880 g/mol. The minimum atomic E-state index is -0.752. The van der Waals surface area contributed by atoms with E-state index in [4.69, 9.17) is 9.72 Å². The lowest BCUT2D eigenvalue weighted by Crippen LogP contribution is -2.56. The molecular formula is C46H61N11O7. The van der Waals surface area contributed by atoms with Crippen LogP contribution in [0.5, 0.6) is 5.75 Å². The number of amides is 5. The second-order valence-corrected chi connectivity index (χ2v) is 17.9. The van der Waals surface area contributed by atoms with E-state index in [0.717, 1.165) is 95.6 Å². The number of hydrogen-bond acceptors (Lipinski definition) is 14. The van der Waals surface area contributed by atoms with Crippen molar-refractivity contribution in [1.82, 2.24) is 35.8 Å². The molecule has 8 rings (SSSR count). The fourth-order valence-corrected chi connectivity index (χ4v) is 10.1. The zero-order valence-electron chi connectivity index (χ0n) is 37.1. The maximum absolute atomic E-state index is 13.9. The van der Waals surface area contributed by atoms with Crippen LogP contribution in [0, 0.1) is 5.92 Å². The molecule has 1 aromatic carbocycles. The predicted octanol–water partition coefficient (Wildman–Crippen LogP) is 3.53. The van der Waals surface area contributed by atoms with Crippen molar-refractivity contribution in [2.45, 2.75) is 108 Å². The minimum Gasteiger partial charge on any atom is -0.495 e. The molecule has 0 spiro atoms. The molecule has 1 saturated carbocycles. The molecule has 3 aromatic rings. The van der Waals surface area contributed by atoms with E-state index in [9.17, 15) is 29.1 Å². The van der Waals surface area contributed by atoms with Gasteiger partial charge in [0.1, 0.15) is 29.2 Å². The average Bonchev–Trinajstić information content (AvgIpc) is 3.84. The summed E-state index contributed by atoms with van der Waals surface area (Å²) in [5.74, 6) is 0.635. The summed E-state index contributed by atoms with van der Waals surface area (Å²) in [6, 6.07) is 8.02. The van der Waals surface area contributed by atoms with Crippen molar-refractivity contribution in [3.8, 4) is 5.75 Å². The molecule has 1 aliphatic carbocycles. The van der Waals surface area contributed by atoms with Gasteiger partial charge in [-0.2, -0.15) is 4.98 Å². The number of carbonyl (C=O) groups excluding carboxylic acids is 5. The fraction of sp³-hybridized carbons (Fsp3) is 0.565. The number of nitrogens with zero attached hydrogens (tertiary/aromatic N) is 7. The lowest BCUT2D eigenvalue weighted by molar-refractivity contribution is -0.134. The third-order valence-electron chi connectivity index (χ3n) is 13.9. The molecule has 5 aliphatic rings. The van der Waals surface area contributed by atoms with Gasteiger partial charge in [-0.25, -0.2) is 9.97 Å². The van der Waals surface area contributed by atoms with Crippen LogP contribution in [0.25, 0.3) is 0 Å². The number of hydrogen-bond donors (Lipinski definition) is 5. The van der Waals surface area contributed by atoms with Gasteiger partial charge in [-0.3, -0.25) is 29.3 Å². The molecule has 5 amide bonds. The van der Waals surface area contributed by atoms with Gasteiger partial charge in [0.05, 0.1) is 30.9 Å². The predicted molar refractivity (Wildman–Crippen MR) is 241 cm³/mol. The molecule has 2 aromatic heterocycles. The summed E-state index contributed by atoms with van der Waals surface area (Å²) in [5, 5.41) is 21.7. The van der Waals surface area contributed by atoms with Gasteiger partial charge in [0.2, 0.25) is 23.7 Å². The number of aliphatic hydroxyl groups excluding tert-OH is 1. The number of benzene rings is 1. The summed E-state index contributed by atoms with van der Waals surface area (Å²) in [6.07, 6.45) is 12.8. The molecule has 64 heavy (non-hydrogen) atoms. The Morgan fingerprint density at radius 3 is 2.39 bits per heavy atom. The maximum Gasteiger partial charge on any atom is 0.270 e. The molecule has 5 N–H and O–H groups in total. The van der Waals surface area contributed by atoms with Crippen LogP contribution in [0.15, 0.2) is 42.7 Å². The molecule has 342 valence electrons. The lowest BCUT2D eigenvalue weighted by atomic mass is 9.83. The van der Waals surface area contributed by atoms with Crippen LogP contribution < -0.4 is 40.7 Å².